The van der Waals surface area contributed by atoms with Crippen molar-refractivity contribution in [1.29, 1.82) is 0 Å². The molecule has 0 N–H and O–H groups in total. The molecular formula is C23H28N4O4. The fourth-order valence-corrected chi connectivity index (χ4v) is 4.46. The zero-order valence-corrected chi connectivity index (χ0v) is 18.0. The van der Waals surface area contributed by atoms with Crippen molar-refractivity contribution in [2.24, 2.45) is 0 Å². The fourth-order valence-electron chi connectivity index (χ4n) is 4.46. The minimum atomic E-state index is -0.255. The number of carbonyl (C=O) groups is 1. The van der Waals surface area contributed by atoms with Crippen LogP contribution in [-0.2, 0) is 22.6 Å². The molecule has 31 heavy (non-hydrogen) atoms. The van der Waals surface area contributed by atoms with Crippen LogP contribution in [0.5, 0.6) is 11.6 Å². The summed E-state index contributed by atoms with van der Waals surface area (Å²) >= 11 is 0. The average molecular weight is 425 g/mol. The van der Waals surface area contributed by atoms with E-state index in [4.69, 9.17) is 19.2 Å². The maximum Gasteiger partial charge on any atom is 0.252 e. The third-order valence-corrected chi connectivity index (χ3v) is 6.31. The number of fused-ring (bicyclic) bond motifs is 1. The number of amides is 1. The Morgan fingerprint density at radius 3 is 2.65 bits per heavy atom. The first-order valence-electron chi connectivity index (χ1n) is 10.9. The summed E-state index contributed by atoms with van der Waals surface area (Å²) in [7, 11) is 1.60. The molecule has 2 aromatic heterocycles. The second-order valence-electron chi connectivity index (χ2n) is 8.42. The SMILES string of the molecule is COc1ccc(OC2CCN(c3nc4c(cc3C)CN(C(=O)C3CCO3)C4)CC2)cn1. The summed E-state index contributed by atoms with van der Waals surface area (Å²) in [5.41, 5.74) is 3.32. The first-order valence-corrected chi connectivity index (χ1v) is 10.9. The smallest absolute Gasteiger partial charge is 0.252 e. The molecule has 0 saturated carbocycles. The number of hydrogen-bond donors (Lipinski definition) is 0. The summed E-state index contributed by atoms with van der Waals surface area (Å²) in [6.07, 6.45) is 4.29. The number of aryl methyl sites for hydroxylation is 1. The normalized spacial score (nSPS) is 20.9. The zero-order valence-electron chi connectivity index (χ0n) is 18.0. The molecule has 3 aliphatic heterocycles. The van der Waals surface area contributed by atoms with Gasteiger partial charge in [0.25, 0.3) is 5.91 Å². The number of methoxy groups -OCH3 is 1. The van der Waals surface area contributed by atoms with Crippen LogP contribution in [0.3, 0.4) is 0 Å². The minimum Gasteiger partial charge on any atom is -0.489 e. The molecule has 0 radical (unpaired) electrons. The van der Waals surface area contributed by atoms with Gasteiger partial charge in [-0.2, -0.15) is 0 Å². The van der Waals surface area contributed by atoms with Gasteiger partial charge in [-0.05, 0) is 30.2 Å². The summed E-state index contributed by atoms with van der Waals surface area (Å²) in [6, 6.07) is 5.90. The van der Waals surface area contributed by atoms with Crippen molar-refractivity contribution in [2.45, 2.75) is 51.5 Å². The molecule has 2 aromatic rings. The average Bonchev–Trinajstić information content (AvgIpc) is 3.16. The van der Waals surface area contributed by atoms with Gasteiger partial charge in [-0.1, -0.05) is 0 Å². The Kier molecular flexibility index (Phi) is 5.40. The second kappa shape index (κ2) is 8.34. The third kappa shape index (κ3) is 4.04. The van der Waals surface area contributed by atoms with E-state index < -0.39 is 0 Å². The molecule has 1 amide bonds. The molecule has 1 unspecified atom stereocenters. The Morgan fingerprint density at radius 2 is 2.00 bits per heavy atom. The van der Waals surface area contributed by atoms with Gasteiger partial charge in [0, 0.05) is 45.0 Å². The van der Waals surface area contributed by atoms with Gasteiger partial charge in [-0.15, -0.1) is 0 Å². The maximum atomic E-state index is 12.5. The molecule has 1 atom stereocenters. The van der Waals surface area contributed by atoms with Crippen LogP contribution in [0.1, 0.15) is 36.1 Å². The molecule has 3 aliphatic rings. The number of piperidine rings is 1. The fraction of sp³-hybridized carbons (Fsp3) is 0.522. The number of anilines is 1. The van der Waals surface area contributed by atoms with Crippen LogP contribution in [-0.4, -0.2) is 59.8 Å². The van der Waals surface area contributed by atoms with Crippen LogP contribution in [0.15, 0.2) is 24.4 Å². The van der Waals surface area contributed by atoms with Crippen molar-refractivity contribution in [3.8, 4) is 11.6 Å². The van der Waals surface area contributed by atoms with Gasteiger partial charge < -0.3 is 24.0 Å². The first kappa shape index (κ1) is 20.1. The molecule has 0 aromatic carbocycles. The van der Waals surface area contributed by atoms with E-state index in [0.717, 1.165) is 60.7 Å². The highest BCUT2D eigenvalue weighted by Gasteiger charge is 2.34. The van der Waals surface area contributed by atoms with Crippen LogP contribution in [0.25, 0.3) is 0 Å². The van der Waals surface area contributed by atoms with E-state index >= 15 is 0 Å². The Bertz CT molecular complexity index is 953. The van der Waals surface area contributed by atoms with E-state index in [1.165, 1.54) is 0 Å². The van der Waals surface area contributed by atoms with Crippen LogP contribution >= 0.6 is 0 Å². The monoisotopic (exact) mass is 424 g/mol. The van der Waals surface area contributed by atoms with Gasteiger partial charge in [-0.3, -0.25) is 4.79 Å². The van der Waals surface area contributed by atoms with Gasteiger partial charge in [-0.25, -0.2) is 9.97 Å². The zero-order chi connectivity index (χ0) is 21.4. The number of pyridine rings is 2. The lowest BCUT2D eigenvalue weighted by molar-refractivity contribution is -0.156. The van der Waals surface area contributed by atoms with Gasteiger partial charge in [0.15, 0.2) is 0 Å². The van der Waals surface area contributed by atoms with E-state index in [1.54, 1.807) is 13.3 Å². The summed E-state index contributed by atoms with van der Waals surface area (Å²) < 4.78 is 16.6. The van der Waals surface area contributed by atoms with Crippen LogP contribution in [0.4, 0.5) is 5.82 Å². The third-order valence-electron chi connectivity index (χ3n) is 6.31. The van der Waals surface area contributed by atoms with E-state index in [-0.39, 0.29) is 18.1 Å². The van der Waals surface area contributed by atoms with E-state index in [0.29, 0.717) is 25.6 Å². The van der Waals surface area contributed by atoms with E-state index in [2.05, 4.69) is 22.9 Å². The van der Waals surface area contributed by atoms with E-state index in [1.807, 2.05) is 17.0 Å². The number of rotatable bonds is 5. The topological polar surface area (TPSA) is 77.0 Å². The highest BCUT2D eigenvalue weighted by Crippen LogP contribution is 2.31. The molecule has 0 spiro atoms. The molecular weight excluding hydrogens is 396 g/mol. The van der Waals surface area contributed by atoms with Crippen molar-refractivity contribution < 1.29 is 19.0 Å². The number of carbonyl (C=O) groups excluding carboxylic acids is 1. The van der Waals surface area contributed by atoms with E-state index in [9.17, 15) is 4.79 Å². The molecule has 2 saturated heterocycles. The van der Waals surface area contributed by atoms with Gasteiger partial charge >= 0.3 is 0 Å². The molecule has 0 aliphatic carbocycles. The summed E-state index contributed by atoms with van der Waals surface area (Å²) in [6.45, 7) is 5.78. The van der Waals surface area contributed by atoms with Gasteiger partial charge in [0.1, 0.15) is 23.8 Å². The lowest BCUT2D eigenvalue weighted by atomic mass is 10.1. The van der Waals surface area contributed by atoms with Gasteiger partial charge in [0.05, 0.1) is 32.2 Å². The second-order valence-corrected chi connectivity index (χ2v) is 8.42. The molecule has 5 rings (SSSR count). The number of hydrogen-bond acceptors (Lipinski definition) is 7. The van der Waals surface area contributed by atoms with Crippen molar-refractivity contribution in [1.82, 2.24) is 14.9 Å². The highest BCUT2D eigenvalue weighted by atomic mass is 16.5. The molecule has 164 valence electrons. The molecule has 2 fully saturated rings. The van der Waals surface area contributed by atoms with Crippen molar-refractivity contribution >= 4 is 11.7 Å². The quantitative estimate of drug-likeness (QED) is 0.730. The summed E-state index contributed by atoms with van der Waals surface area (Å²) in [5, 5.41) is 0. The van der Waals surface area contributed by atoms with Crippen molar-refractivity contribution in [3.05, 3.63) is 41.2 Å². The maximum absolute atomic E-state index is 12.5. The molecule has 8 nitrogen and oxygen atoms in total. The number of aromatic nitrogens is 2. The molecule has 5 heterocycles. The minimum absolute atomic E-state index is 0.0921. The highest BCUT2D eigenvalue weighted by molar-refractivity contribution is 5.82. The Labute approximate surface area is 182 Å². The lowest BCUT2D eigenvalue weighted by Crippen LogP contribution is -2.43. The van der Waals surface area contributed by atoms with Crippen LogP contribution in [0.2, 0.25) is 0 Å². The Balaban J connectivity index is 1.20. The Hall–Kier alpha value is -2.87. The standard InChI is InChI=1S/C23H28N4O4/c1-15-11-16-13-27(23(28)20-7-10-30-20)14-19(16)25-22(15)26-8-5-17(6-9-26)31-18-3-4-21(29-2)24-12-18/h3-4,11-12,17,20H,5-10,13-14H2,1-2H3. The molecule has 0 bridgehead atoms. The first-order chi connectivity index (χ1) is 15.1. The Morgan fingerprint density at radius 1 is 1.19 bits per heavy atom. The summed E-state index contributed by atoms with van der Waals surface area (Å²) in [5.74, 6) is 2.47. The van der Waals surface area contributed by atoms with Gasteiger partial charge in [0.2, 0.25) is 5.88 Å². The van der Waals surface area contributed by atoms with Crippen molar-refractivity contribution in [2.75, 3.05) is 31.7 Å². The summed E-state index contributed by atoms with van der Waals surface area (Å²) in [4.78, 5) is 25.9. The van der Waals surface area contributed by atoms with Crippen LogP contribution < -0.4 is 14.4 Å². The van der Waals surface area contributed by atoms with Crippen LogP contribution in [0, 0.1) is 6.92 Å². The lowest BCUT2D eigenvalue weighted by Gasteiger charge is -2.34. The predicted octanol–water partition coefficient (Wildman–Crippen LogP) is 2.47. The number of nitrogens with zero attached hydrogens (tertiary/aromatic N) is 4. The van der Waals surface area contributed by atoms with Crippen molar-refractivity contribution in [3.63, 3.8) is 0 Å². The predicted molar refractivity (Wildman–Crippen MR) is 114 cm³/mol. The molecule has 8 heteroatoms. The largest absolute Gasteiger partial charge is 0.489 e. The number of ether oxygens (including phenoxy) is 3.